The number of anilines is 1. The first-order valence-electron chi connectivity index (χ1n) is 8.39. The second-order valence-electron chi connectivity index (χ2n) is 6.81. The highest BCUT2D eigenvalue weighted by atomic mass is 35.5. The lowest BCUT2D eigenvalue weighted by molar-refractivity contribution is 0.101. The molecule has 0 bridgehead atoms. The third kappa shape index (κ3) is 4.02. The summed E-state index contributed by atoms with van der Waals surface area (Å²) in [5, 5.41) is 1.78. The first-order chi connectivity index (χ1) is 14.3. The molecule has 166 valence electrons. The van der Waals surface area contributed by atoms with E-state index in [0.717, 1.165) is 26.2 Å². The average Bonchev–Trinajstić information content (AvgIpc) is 2.63. The van der Waals surface area contributed by atoms with Crippen LogP contribution < -0.4 is 11.1 Å². The van der Waals surface area contributed by atoms with Crippen molar-refractivity contribution >= 4 is 39.2 Å². The Hall–Kier alpha value is -2.93. The Labute approximate surface area is 178 Å². The highest BCUT2D eigenvalue weighted by Gasteiger charge is 2.44. The molecule has 0 unspecified atom stereocenters. The number of carbonyl (C=O) groups excluding carboxylic acids is 1. The van der Waals surface area contributed by atoms with Gasteiger partial charge in [0.15, 0.2) is 29.0 Å². The van der Waals surface area contributed by atoms with Gasteiger partial charge in [-0.1, -0.05) is 11.6 Å². The Morgan fingerprint density at radius 2 is 1.87 bits per heavy atom. The van der Waals surface area contributed by atoms with E-state index in [1.54, 1.807) is 0 Å². The molecule has 2 heterocycles. The van der Waals surface area contributed by atoms with E-state index >= 15 is 4.39 Å². The molecule has 14 heteroatoms. The van der Waals surface area contributed by atoms with Crippen LogP contribution in [0.15, 0.2) is 23.3 Å². The number of aromatic nitrogens is 1. The number of amides is 1. The molecular formula is C17H14ClF4N5O3S. The van der Waals surface area contributed by atoms with Crippen LogP contribution in [0.2, 0.25) is 5.02 Å². The van der Waals surface area contributed by atoms with Crippen LogP contribution in [-0.4, -0.2) is 42.4 Å². The molecule has 1 aliphatic rings. The van der Waals surface area contributed by atoms with Gasteiger partial charge in [-0.05, 0) is 13.0 Å². The van der Waals surface area contributed by atoms with E-state index in [1.165, 1.54) is 0 Å². The van der Waals surface area contributed by atoms with Crippen molar-refractivity contribution in [2.45, 2.75) is 12.5 Å². The maximum atomic E-state index is 15.2. The number of carbonyl (C=O) groups is 1. The van der Waals surface area contributed by atoms with Gasteiger partial charge >= 0.3 is 0 Å². The Bertz CT molecular complexity index is 1240. The van der Waals surface area contributed by atoms with Crippen molar-refractivity contribution in [1.29, 1.82) is 0 Å². The highest BCUT2D eigenvalue weighted by molar-refractivity contribution is 7.89. The number of guanidine groups is 1. The average molecular weight is 480 g/mol. The van der Waals surface area contributed by atoms with E-state index in [2.05, 4.69) is 9.98 Å². The number of nitrogens with two attached hydrogens (primary N) is 1. The third-order valence-electron chi connectivity index (χ3n) is 4.53. The highest BCUT2D eigenvalue weighted by Crippen LogP contribution is 2.38. The third-order valence-corrected chi connectivity index (χ3v) is 6.69. The summed E-state index contributed by atoms with van der Waals surface area (Å²) < 4.78 is 83.1. The quantitative estimate of drug-likeness (QED) is 0.517. The predicted octanol–water partition coefficient (Wildman–Crippen LogP) is 2.35. The van der Waals surface area contributed by atoms with Crippen molar-refractivity contribution in [1.82, 2.24) is 9.29 Å². The van der Waals surface area contributed by atoms with Crippen LogP contribution in [0.5, 0.6) is 0 Å². The molecule has 1 aromatic heterocycles. The molecule has 8 nitrogen and oxygen atoms in total. The number of pyridine rings is 1. The lowest BCUT2D eigenvalue weighted by atomic mass is 9.92. The van der Waals surface area contributed by atoms with Gasteiger partial charge in [0.25, 0.3) is 5.91 Å². The van der Waals surface area contributed by atoms with Crippen LogP contribution in [-0.2, 0) is 15.6 Å². The van der Waals surface area contributed by atoms with Crippen LogP contribution in [0, 0.1) is 23.3 Å². The summed E-state index contributed by atoms with van der Waals surface area (Å²) in [6.45, 7) is 1.04. The van der Waals surface area contributed by atoms with Crippen LogP contribution in [0.25, 0.3) is 0 Å². The fourth-order valence-electron chi connectivity index (χ4n) is 3.01. The van der Waals surface area contributed by atoms with Crippen LogP contribution in [0.3, 0.4) is 0 Å². The molecule has 1 amide bonds. The minimum atomic E-state index is -4.14. The Morgan fingerprint density at radius 1 is 1.23 bits per heavy atom. The molecular weight excluding hydrogens is 466 g/mol. The zero-order chi connectivity index (χ0) is 23.3. The maximum absolute atomic E-state index is 15.2. The number of aliphatic imine (C=N–C) groups is 1. The van der Waals surface area contributed by atoms with E-state index < -0.39 is 73.4 Å². The van der Waals surface area contributed by atoms with Crippen LogP contribution in [0.4, 0.5) is 23.2 Å². The Morgan fingerprint density at radius 3 is 2.45 bits per heavy atom. The second kappa shape index (κ2) is 7.64. The van der Waals surface area contributed by atoms with E-state index in [0.29, 0.717) is 10.4 Å². The van der Waals surface area contributed by atoms with Gasteiger partial charge in [-0.15, -0.1) is 0 Å². The van der Waals surface area contributed by atoms with Gasteiger partial charge in [-0.25, -0.2) is 40.3 Å². The van der Waals surface area contributed by atoms with Crippen LogP contribution in [0.1, 0.15) is 23.0 Å². The van der Waals surface area contributed by atoms with Gasteiger partial charge < -0.3 is 11.1 Å². The molecule has 0 saturated carbocycles. The second-order valence-corrected chi connectivity index (χ2v) is 9.25. The van der Waals surface area contributed by atoms with Gasteiger partial charge in [0.2, 0.25) is 16.0 Å². The molecule has 1 atom stereocenters. The van der Waals surface area contributed by atoms with E-state index in [4.69, 9.17) is 17.3 Å². The molecule has 0 radical (unpaired) electrons. The van der Waals surface area contributed by atoms with Crippen molar-refractivity contribution in [3.05, 3.63) is 57.9 Å². The fraction of sp³-hybridized carbons (Fsp3) is 0.235. The number of sulfonamides is 1. The van der Waals surface area contributed by atoms with Gasteiger partial charge in [-0.2, -0.15) is 0 Å². The monoisotopic (exact) mass is 479 g/mol. The number of nitrogens with zero attached hydrogens (tertiary/aromatic N) is 3. The summed E-state index contributed by atoms with van der Waals surface area (Å²) in [4.78, 5) is 19.6. The maximum Gasteiger partial charge on any atom is 0.277 e. The van der Waals surface area contributed by atoms with Gasteiger partial charge in [0.05, 0.1) is 22.0 Å². The van der Waals surface area contributed by atoms with E-state index in [-0.39, 0.29) is 5.02 Å². The standard InChI is InChI=1S/C17H14ClF4N5O3S/c1-17(6-31(29,30)27(2)16(23)26-17)11-12(21)8(19)4-10(13(11)22)25-15(28)14-9(20)3-7(18)5-24-14/h3-5H,6H2,1-2H3,(H2,23,26)(H,25,28)/t17-/m0/s1. The van der Waals surface area contributed by atoms with E-state index in [1.807, 2.05) is 5.32 Å². The molecule has 3 rings (SSSR count). The lowest BCUT2D eigenvalue weighted by Gasteiger charge is -2.35. The number of hydrogen-bond acceptors (Lipinski definition) is 6. The normalized spacial score (nSPS) is 20.4. The fourth-order valence-corrected chi connectivity index (χ4v) is 4.59. The van der Waals surface area contributed by atoms with Crippen LogP contribution >= 0.6 is 11.6 Å². The summed E-state index contributed by atoms with van der Waals surface area (Å²) in [5.41, 5.74) is 0.647. The number of rotatable bonds is 3. The summed E-state index contributed by atoms with van der Waals surface area (Å²) in [6.07, 6.45) is 0.953. The summed E-state index contributed by atoms with van der Waals surface area (Å²) in [5.74, 6) is -8.77. The number of nitrogens with one attached hydrogen (secondary N) is 1. The molecule has 1 aliphatic heterocycles. The molecule has 0 fully saturated rings. The first kappa shape index (κ1) is 22.7. The van der Waals surface area contributed by atoms with Crippen molar-refractivity contribution < 1.29 is 30.8 Å². The molecule has 31 heavy (non-hydrogen) atoms. The van der Waals surface area contributed by atoms with Crippen molar-refractivity contribution in [2.24, 2.45) is 10.7 Å². The van der Waals surface area contributed by atoms with Gasteiger partial charge in [0.1, 0.15) is 5.54 Å². The zero-order valence-corrected chi connectivity index (χ0v) is 17.5. The van der Waals surface area contributed by atoms with Crippen molar-refractivity contribution in [2.75, 3.05) is 18.1 Å². The topological polar surface area (TPSA) is 118 Å². The number of benzene rings is 1. The largest absolute Gasteiger partial charge is 0.369 e. The first-order valence-corrected chi connectivity index (χ1v) is 10.4. The SMILES string of the molecule is CN1C(N)=N[C@](C)(c2c(F)c(F)cc(NC(=O)c3ncc(Cl)cc3F)c2F)CS1(=O)=O. The smallest absolute Gasteiger partial charge is 0.277 e. The van der Waals surface area contributed by atoms with Crippen molar-refractivity contribution in [3.63, 3.8) is 0 Å². The number of halogens is 5. The molecule has 1 aromatic carbocycles. The zero-order valence-electron chi connectivity index (χ0n) is 15.9. The molecule has 2 aromatic rings. The lowest BCUT2D eigenvalue weighted by Crippen LogP contribution is -2.50. The minimum Gasteiger partial charge on any atom is -0.369 e. The Balaban J connectivity index is 2.12. The van der Waals surface area contributed by atoms with Gasteiger partial charge in [0, 0.05) is 19.3 Å². The van der Waals surface area contributed by atoms with E-state index in [9.17, 15) is 26.4 Å². The summed E-state index contributed by atoms with van der Waals surface area (Å²) in [6, 6.07) is 1.10. The minimum absolute atomic E-state index is 0.109. The molecule has 0 spiro atoms. The van der Waals surface area contributed by atoms with Crippen molar-refractivity contribution in [3.8, 4) is 0 Å². The molecule has 3 N–H and O–H groups in total. The number of hydrogen-bond donors (Lipinski definition) is 2. The molecule has 0 aliphatic carbocycles. The Kier molecular flexibility index (Phi) is 5.61. The predicted molar refractivity (Wildman–Crippen MR) is 104 cm³/mol. The van der Waals surface area contributed by atoms with Gasteiger partial charge in [-0.3, -0.25) is 4.79 Å². The molecule has 0 saturated heterocycles. The summed E-state index contributed by atoms with van der Waals surface area (Å²) in [7, 11) is -3.05. The summed E-state index contributed by atoms with van der Waals surface area (Å²) >= 11 is 5.55.